The van der Waals surface area contributed by atoms with Crippen molar-refractivity contribution in [3.63, 3.8) is 0 Å². The summed E-state index contributed by atoms with van der Waals surface area (Å²) in [5.41, 5.74) is 0. The molecule has 0 nitrogen and oxygen atoms in total. The van der Waals surface area contributed by atoms with Crippen LogP contribution in [0, 0.1) is 11.8 Å². The van der Waals surface area contributed by atoms with Gasteiger partial charge < -0.3 is 0 Å². The normalized spacial score (nSPS) is 17.6. The molecule has 0 fully saturated rings. The highest BCUT2D eigenvalue weighted by atomic mass is 14.1. The molecule has 9 heavy (non-hydrogen) atoms. The van der Waals surface area contributed by atoms with Crippen LogP contribution in [0.1, 0.15) is 27.7 Å². The van der Waals surface area contributed by atoms with Crippen molar-refractivity contribution in [1.29, 1.82) is 0 Å². The zero-order valence-corrected chi connectivity index (χ0v) is 7.31. The van der Waals surface area contributed by atoms with Crippen molar-refractivity contribution in [2.75, 3.05) is 0 Å². The van der Waals surface area contributed by atoms with Gasteiger partial charge in [-0.25, -0.2) is 0 Å². The highest BCUT2D eigenvalue weighted by Crippen LogP contribution is 2.23. The first-order valence-electron chi connectivity index (χ1n) is 3.89. The maximum Gasteiger partial charge on any atom is 0.110 e. The lowest BCUT2D eigenvalue weighted by Crippen LogP contribution is -2.12. The molecule has 2 atom stereocenters. The van der Waals surface area contributed by atoms with E-state index in [2.05, 4.69) is 41.8 Å². The van der Waals surface area contributed by atoms with Gasteiger partial charge in [-0.05, 0) is 11.8 Å². The Balaban J connectivity index is 3.58. The lowest BCUT2D eigenvalue weighted by Gasteiger charge is -2.21. The minimum atomic E-state index is 0.769. The van der Waals surface area contributed by atoms with E-state index in [4.69, 9.17) is 0 Å². The largest absolute Gasteiger partial charge is 0.110 e. The summed E-state index contributed by atoms with van der Waals surface area (Å²) in [4.78, 5) is 0. The quantitative estimate of drug-likeness (QED) is 0.508. The van der Waals surface area contributed by atoms with E-state index in [-0.39, 0.29) is 0 Å². The summed E-state index contributed by atoms with van der Waals surface area (Å²) in [6.45, 7) is 11.3. The highest BCUT2D eigenvalue weighted by Gasteiger charge is 2.13. The summed E-state index contributed by atoms with van der Waals surface area (Å²) in [5, 5.41) is 0. The summed E-state index contributed by atoms with van der Waals surface area (Å²) in [6, 6.07) is 0. The molecule has 53 valence electrons. The van der Waals surface area contributed by atoms with Crippen molar-refractivity contribution < 1.29 is 0 Å². The van der Waals surface area contributed by atoms with E-state index >= 15 is 0 Å². The van der Waals surface area contributed by atoms with E-state index in [9.17, 15) is 0 Å². The van der Waals surface area contributed by atoms with Crippen LogP contribution in [0.2, 0.25) is 12.6 Å². The minimum Gasteiger partial charge on any atom is -0.0917 e. The van der Waals surface area contributed by atoms with E-state index in [1.54, 1.807) is 0 Å². The van der Waals surface area contributed by atoms with Crippen molar-refractivity contribution in [2.45, 2.75) is 40.3 Å². The number of hydrogen-bond donors (Lipinski definition) is 0. The standard InChI is InChI=1S/C8H18B/c1-6(2)7(3)8(4)9-5/h6-8H,1-5H3. The fourth-order valence-electron chi connectivity index (χ4n) is 0.911. The third kappa shape index (κ3) is 2.93. The second kappa shape index (κ2) is 3.97. The number of hydrogen-bond acceptors (Lipinski definition) is 0. The van der Waals surface area contributed by atoms with Crippen molar-refractivity contribution >= 4 is 7.28 Å². The third-order valence-corrected chi connectivity index (χ3v) is 2.41. The SMILES string of the molecule is C[B]C(C)C(C)C(C)C. The zero-order chi connectivity index (χ0) is 7.44. The van der Waals surface area contributed by atoms with Gasteiger partial charge in [-0.3, -0.25) is 0 Å². The van der Waals surface area contributed by atoms with Crippen molar-refractivity contribution in [1.82, 2.24) is 0 Å². The van der Waals surface area contributed by atoms with E-state index in [1.807, 2.05) is 0 Å². The molecule has 0 amide bonds. The Morgan fingerprint density at radius 2 is 1.44 bits per heavy atom. The van der Waals surface area contributed by atoms with Gasteiger partial charge in [0, 0.05) is 0 Å². The molecule has 1 radical (unpaired) electrons. The molecule has 0 saturated carbocycles. The van der Waals surface area contributed by atoms with Crippen LogP contribution < -0.4 is 0 Å². The lowest BCUT2D eigenvalue weighted by atomic mass is 9.60. The summed E-state index contributed by atoms with van der Waals surface area (Å²) in [6.07, 6.45) is 0. The van der Waals surface area contributed by atoms with Gasteiger partial charge in [0.2, 0.25) is 0 Å². The fraction of sp³-hybridized carbons (Fsp3) is 1.00. The summed E-state index contributed by atoms with van der Waals surface area (Å²) in [7, 11) is 2.28. The van der Waals surface area contributed by atoms with Gasteiger partial charge in [-0.15, -0.1) is 0 Å². The van der Waals surface area contributed by atoms with Crippen LogP contribution >= 0.6 is 0 Å². The van der Waals surface area contributed by atoms with Crippen LogP contribution in [0.5, 0.6) is 0 Å². The van der Waals surface area contributed by atoms with Crippen molar-refractivity contribution in [2.24, 2.45) is 11.8 Å². The second-order valence-corrected chi connectivity index (χ2v) is 3.30. The molecule has 1 heteroatoms. The molecule has 0 aliphatic heterocycles. The fourth-order valence-corrected chi connectivity index (χ4v) is 0.911. The third-order valence-electron chi connectivity index (χ3n) is 2.41. The Labute approximate surface area is 60.3 Å². The first kappa shape index (κ1) is 9.06. The second-order valence-electron chi connectivity index (χ2n) is 3.30. The molecule has 0 bridgehead atoms. The van der Waals surface area contributed by atoms with Crippen molar-refractivity contribution in [3.05, 3.63) is 0 Å². The maximum atomic E-state index is 2.31. The molecule has 0 aliphatic carbocycles. The predicted molar refractivity (Wildman–Crippen MR) is 45.0 cm³/mol. The molecule has 0 N–H and O–H groups in total. The Kier molecular flexibility index (Phi) is 4.00. The highest BCUT2D eigenvalue weighted by molar-refractivity contribution is 6.35. The summed E-state index contributed by atoms with van der Waals surface area (Å²) < 4.78 is 0. The molecule has 0 heterocycles. The molecule has 0 saturated heterocycles. The first-order chi connectivity index (χ1) is 4.09. The lowest BCUT2D eigenvalue weighted by molar-refractivity contribution is 0.406. The minimum absolute atomic E-state index is 0.769. The molecule has 0 spiro atoms. The summed E-state index contributed by atoms with van der Waals surface area (Å²) in [5.74, 6) is 2.41. The molecule has 2 unspecified atom stereocenters. The molecular weight excluding hydrogens is 107 g/mol. The van der Waals surface area contributed by atoms with E-state index < -0.39 is 0 Å². The average molecular weight is 125 g/mol. The van der Waals surface area contributed by atoms with Gasteiger partial charge in [0.15, 0.2) is 0 Å². The van der Waals surface area contributed by atoms with Crippen LogP contribution in [-0.2, 0) is 0 Å². The average Bonchev–Trinajstić information content (AvgIpc) is 1.84. The van der Waals surface area contributed by atoms with E-state index in [0.29, 0.717) is 0 Å². The van der Waals surface area contributed by atoms with Gasteiger partial charge >= 0.3 is 0 Å². The molecular formula is C8H18B. The first-order valence-corrected chi connectivity index (χ1v) is 3.89. The topological polar surface area (TPSA) is 0 Å². The van der Waals surface area contributed by atoms with Gasteiger partial charge in [0.1, 0.15) is 7.28 Å². The van der Waals surface area contributed by atoms with Gasteiger partial charge in [-0.1, -0.05) is 40.3 Å². The Hall–Kier alpha value is 0.0649. The summed E-state index contributed by atoms with van der Waals surface area (Å²) >= 11 is 0. The van der Waals surface area contributed by atoms with E-state index in [1.165, 1.54) is 0 Å². The Morgan fingerprint density at radius 1 is 1.00 bits per heavy atom. The van der Waals surface area contributed by atoms with Gasteiger partial charge in [0.05, 0.1) is 0 Å². The molecule has 0 aromatic heterocycles. The maximum absolute atomic E-state index is 2.31. The monoisotopic (exact) mass is 125 g/mol. The zero-order valence-electron chi connectivity index (χ0n) is 7.31. The Morgan fingerprint density at radius 3 is 1.56 bits per heavy atom. The number of rotatable bonds is 3. The van der Waals surface area contributed by atoms with Crippen LogP contribution in [0.4, 0.5) is 0 Å². The molecule has 0 aromatic rings. The smallest absolute Gasteiger partial charge is 0.0917 e. The van der Waals surface area contributed by atoms with Crippen LogP contribution in [-0.4, -0.2) is 7.28 Å². The molecule has 0 rings (SSSR count). The predicted octanol–water partition coefficient (Wildman–Crippen LogP) is 2.84. The van der Waals surface area contributed by atoms with Crippen LogP contribution in [0.25, 0.3) is 0 Å². The van der Waals surface area contributed by atoms with E-state index in [0.717, 1.165) is 17.7 Å². The van der Waals surface area contributed by atoms with Gasteiger partial charge in [-0.2, -0.15) is 0 Å². The molecule has 0 aliphatic rings. The van der Waals surface area contributed by atoms with Gasteiger partial charge in [0.25, 0.3) is 0 Å². The van der Waals surface area contributed by atoms with Crippen LogP contribution in [0.3, 0.4) is 0 Å². The van der Waals surface area contributed by atoms with Crippen LogP contribution in [0.15, 0.2) is 0 Å². The molecule has 0 aromatic carbocycles. The van der Waals surface area contributed by atoms with Crippen molar-refractivity contribution in [3.8, 4) is 0 Å². The Bertz CT molecular complexity index is 69.0.